The second-order valence-corrected chi connectivity index (χ2v) is 6.84. The molecule has 5 heteroatoms. The lowest BCUT2D eigenvalue weighted by molar-refractivity contribution is -0.121. The maximum atomic E-state index is 13.1. The Hall–Kier alpha value is -3.21. The zero-order valence-electron chi connectivity index (χ0n) is 15.0. The van der Waals surface area contributed by atoms with Crippen molar-refractivity contribution in [2.75, 3.05) is 18.4 Å². The van der Waals surface area contributed by atoms with Crippen molar-refractivity contribution in [1.82, 2.24) is 9.88 Å². The van der Waals surface area contributed by atoms with E-state index in [9.17, 15) is 9.59 Å². The monoisotopic (exact) mass is 359 g/mol. The lowest BCUT2D eigenvalue weighted by atomic mass is 9.95. The standard InChI is InChI=1S/C22H21N3O2/c26-21(24-18-10-12-23-13-11-18)17-7-4-14-25(15-17)22(27)20-9-3-6-16-5-1-2-8-19(16)20/h1-3,5-6,8-13,17H,4,7,14-15H2,(H,23,24,26). The molecule has 2 aromatic carbocycles. The van der Waals surface area contributed by atoms with Crippen LogP contribution in [0.25, 0.3) is 10.8 Å². The summed E-state index contributed by atoms with van der Waals surface area (Å²) in [5, 5.41) is 4.92. The zero-order chi connectivity index (χ0) is 18.6. The fraction of sp³-hybridized carbons (Fsp3) is 0.227. The van der Waals surface area contributed by atoms with E-state index in [1.54, 1.807) is 24.5 Å². The van der Waals surface area contributed by atoms with Gasteiger partial charge in [-0.1, -0.05) is 36.4 Å². The van der Waals surface area contributed by atoms with E-state index in [1.807, 2.05) is 47.4 Å². The first-order valence-electron chi connectivity index (χ1n) is 9.20. The second kappa shape index (κ2) is 7.58. The molecule has 1 N–H and O–H groups in total. The summed E-state index contributed by atoms with van der Waals surface area (Å²) in [6.07, 6.45) is 4.90. The van der Waals surface area contributed by atoms with Gasteiger partial charge in [0, 0.05) is 36.7 Å². The van der Waals surface area contributed by atoms with Crippen LogP contribution in [0.2, 0.25) is 0 Å². The van der Waals surface area contributed by atoms with E-state index in [2.05, 4.69) is 10.3 Å². The molecular weight excluding hydrogens is 338 g/mol. The van der Waals surface area contributed by atoms with Crippen LogP contribution >= 0.6 is 0 Å². The van der Waals surface area contributed by atoms with Gasteiger partial charge in [-0.3, -0.25) is 14.6 Å². The molecule has 4 rings (SSSR count). The van der Waals surface area contributed by atoms with Crippen molar-refractivity contribution >= 4 is 28.3 Å². The molecule has 2 heterocycles. The summed E-state index contributed by atoms with van der Waals surface area (Å²) in [5.74, 6) is -0.254. The predicted octanol–water partition coefficient (Wildman–Crippen LogP) is 3.73. The molecule has 0 saturated carbocycles. The number of rotatable bonds is 3. The Balaban J connectivity index is 1.50. The highest BCUT2D eigenvalue weighted by Gasteiger charge is 2.29. The molecule has 1 aliphatic rings. The van der Waals surface area contributed by atoms with Gasteiger partial charge in [-0.2, -0.15) is 0 Å². The number of hydrogen-bond donors (Lipinski definition) is 1. The first kappa shape index (κ1) is 17.2. The van der Waals surface area contributed by atoms with Gasteiger partial charge in [0.1, 0.15) is 0 Å². The molecule has 0 bridgehead atoms. The van der Waals surface area contributed by atoms with Crippen LogP contribution in [0.1, 0.15) is 23.2 Å². The number of fused-ring (bicyclic) bond motifs is 1. The van der Waals surface area contributed by atoms with Crippen LogP contribution in [0.3, 0.4) is 0 Å². The molecule has 1 unspecified atom stereocenters. The Bertz CT molecular complexity index is 966. The summed E-state index contributed by atoms with van der Waals surface area (Å²) in [6, 6.07) is 17.2. The number of anilines is 1. The summed E-state index contributed by atoms with van der Waals surface area (Å²) in [4.78, 5) is 31.5. The third kappa shape index (κ3) is 3.67. The summed E-state index contributed by atoms with van der Waals surface area (Å²) in [6.45, 7) is 1.13. The van der Waals surface area contributed by atoms with Gasteiger partial charge in [0.05, 0.1) is 5.92 Å². The molecule has 5 nitrogen and oxygen atoms in total. The lowest BCUT2D eigenvalue weighted by Gasteiger charge is -2.32. The molecule has 1 aliphatic heterocycles. The predicted molar refractivity (Wildman–Crippen MR) is 105 cm³/mol. The maximum absolute atomic E-state index is 13.1. The molecule has 27 heavy (non-hydrogen) atoms. The molecule has 0 aliphatic carbocycles. The van der Waals surface area contributed by atoms with Gasteiger partial charge in [-0.15, -0.1) is 0 Å². The molecule has 1 fully saturated rings. The van der Waals surface area contributed by atoms with Crippen LogP contribution in [0.5, 0.6) is 0 Å². The number of nitrogens with one attached hydrogen (secondary N) is 1. The highest BCUT2D eigenvalue weighted by Crippen LogP contribution is 2.24. The molecule has 0 radical (unpaired) electrons. The Labute approximate surface area is 158 Å². The van der Waals surface area contributed by atoms with E-state index in [-0.39, 0.29) is 17.7 Å². The minimum atomic E-state index is -0.203. The van der Waals surface area contributed by atoms with Gasteiger partial charge >= 0.3 is 0 Å². The van der Waals surface area contributed by atoms with Crippen molar-refractivity contribution in [2.45, 2.75) is 12.8 Å². The summed E-state index contributed by atoms with van der Waals surface area (Å²) >= 11 is 0. The number of carbonyl (C=O) groups is 2. The molecule has 2 amide bonds. The SMILES string of the molecule is O=C(Nc1ccncc1)C1CCCN(C(=O)c2cccc3ccccc23)C1. The van der Waals surface area contributed by atoms with E-state index in [1.165, 1.54) is 0 Å². The number of piperidine rings is 1. The van der Waals surface area contributed by atoms with Crippen molar-refractivity contribution in [3.63, 3.8) is 0 Å². The quantitative estimate of drug-likeness (QED) is 0.775. The number of hydrogen-bond acceptors (Lipinski definition) is 3. The lowest BCUT2D eigenvalue weighted by Crippen LogP contribution is -2.43. The van der Waals surface area contributed by atoms with E-state index in [0.29, 0.717) is 18.7 Å². The van der Waals surface area contributed by atoms with Crippen molar-refractivity contribution in [1.29, 1.82) is 0 Å². The zero-order valence-corrected chi connectivity index (χ0v) is 15.0. The van der Waals surface area contributed by atoms with E-state index in [4.69, 9.17) is 0 Å². The number of amides is 2. The molecule has 1 aromatic heterocycles. The van der Waals surface area contributed by atoms with Gasteiger partial charge in [0.25, 0.3) is 5.91 Å². The third-order valence-electron chi connectivity index (χ3n) is 5.05. The topological polar surface area (TPSA) is 62.3 Å². The molecule has 0 spiro atoms. The number of benzene rings is 2. The van der Waals surface area contributed by atoms with E-state index < -0.39 is 0 Å². The summed E-state index contributed by atoms with van der Waals surface area (Å²) in [7, 11) is 0. The van der Waals surface area contributed by atoms with Gasteiger partial charge in [-0.25, -0.2) is 0 Å². The number of pyridine rings is 1. The first-order valence-corrected chi connectivity index (χ1v) is 9.20. The van der Waals surface area contributed by atoms with E-state index >= 15 is 0 Å². The number of carbonyl (C=O) groups excluding carboxylic acids is 2. The largest absolute Gasteiger partial charge is 0.338 e. The molecule has 136 valence electrons. The Morgan fingerprint density at radius 1 is 1.00 bits per heavy atom. The summed E-state index contributed by atoms with van der Waals surface area (Å²) < 4.78 is 0. The molecule has 1 atom stereocenters. The average Bonchev–Trinajstić information content (AvgIpc) is 2.73. The van der Waals surface area contributed by atoms with Crippen LogP contribution < -0.4 is 5.32 Å². The molecule has 3 aromatic rings. The van der Waals surface area contributed by atoms with Crippen molar-refractivity contribution in [3.8, 4) is 0 Å². The smallest absolute Gasteiger partial charge is 0.254 e. The van der Waals surface area contributed by atoms with Crippen LogP contribution in [0, 0.1) is 5.92 Å². The van der Waals surface area contributed by atoms with Gasteiger partial charge in [-0.05, 0) is 41.8 Å². The number of aromatic nitrogens is 1. The Kier molecular flexibility index (Phi) is 4.83. The number of nitrogens with zero attached hydrogens (tertiary/aromatic N) is 2. The van der Waals surface area contributed by atoms with Crippen molar-refractivity contribution in [2.24, 2.45) is 5.92 Å². The first-order chi connectivity index (χ1) is 13.2. The average molecular weight is 359 g/mol. The maximum Gasteiger partial charge on any atom is 0.254 e. The second-order valence-electron chi connectivity index (χ2n) is 6.84. The van der Waals surface area contributed by atoms with E-state index in [0.717, 1.165) is 29.3 Å². The van der Waals surface area contributed by atoms with Crippen molar-refractivity contribution < 1.29 is 9.59 Å². The Morgan fingerprint density at radius 3 is 2.63 bits per heavy atom. The fourth-order valence-electron chi connectivity index (χ4n) is 3.64. The van der Waals surface area contributed by atoms with Crippen molar-refractivity contribution in [3.05, 3.63) is 72.6 Å². The minimum absolute atomic E-state index is 0.00629. The highest BCUT2D eigenvalue weighted by atomic mass is 16.2. The van der Waals surface area contributed by atoms with Gasteiger partial charge in [0.15, 0.2) is 0 Å². The number of likely N-dealkylation sites (tertiary alicyclic amines) is 1. The van der Waals surface area contributed by atoms with Crippen LogP contribution in [0.15, 0.2) is 67.0 Å². The minimum Gasteiger partial charge on any atom is -0.338 e. The summed E-state index contributed by atoms with van der Waals surface area (Å²) in [5.41, 5.74) is 1.43. The highest BCUT2D eigenvalue weighted by molar-refractivity contribution is 6.07. The van der Waals surface area contributed by atoms with Crippen LogP contribution in [-0.2, 0) is 4.79 Å². The van der Waals surface area contributed by atoms with Gasteiger partial charge < -0.3 is 10.2 Å². The fourth-order valence-corrected chi connectivity index (χ4v) is 3.64. The normalized spacial score (nSPS) is 16.9. The molecular formula is C22H21N3O2. The van der Waals surface area contributed by atoms with Crippen LogP contribution in [-0.4, -0.2) is 34.8 Å². The third-order valence-corrected chi connectivity index (χ3v) is 5.05. The molecule has 1 saturated heterocycles. The van der Waals surface area contributed by atoms with Crippen LogP contribution in [0.4, 0.5) is 5.69 Å². The van der Waals surface area contributed by atoms with Gasteiger partial charge in [0.2, 0.25) is 5.91 Å². The Morgan fingerprint density at radius 2 is 1.78 bits per heavy atom.